The normalized spacial score (nSPS) is 21.3. The van der Waals surface area contributed by atoms with Gasteiger partial charge in [0.2, 0.25) is 0 Å². The quantitative estimate of drug-likeness (QED) is 0.845. The molecule has 0 radical (unpaired) electrons. The summed E-state index contributed by atoms with van der Waals surface area (Å²) in [4.78, 5) is 19.1. The second-order valence-corrected chi connectivity index (χ2v) is 10.2. The third-order valence-corrected chi connectivity index (χ3v) is 7.31. The number of nitrogens with zero attached hydrogens (tertiary/aromatic N) is 1. The molecule has 1 unspecified atom stereocenters. The van der Waals surface area contributed by atoms with Crippen LogP contribution in [-0.4, -0.2) is 30.7 Å². The molecule has 23 heavy (non-hydrogen) atoms. The third-order valence-electron chi connectivity index (χ3n) is 4.82. The molecule has 3 rings (SSSR count). The van der Waals surface area contributed by atoms with Gasteiger partial charge >= 0.3 is 0 Å². The van der Waals surface area contributed by atoms with E-state index < -0.39 is 20.4 Å². The summed E-state index contributed by atoms with van der Waals surface area (Å²) >= 11 is 0. The molecule has 124 valence electrons. The molecule has 2 heterocycles. The summed E-state index contributed by atoms with van der Waals surface area (Å²) in [6.07, 6.45) is 3.18. The molecule has 0 aromatic carbocycles. The van der Waals surface area contributed by atoms with Gasteiger partial charge in [-0.2, -0.15) is 0 Å². The van der Waals surface area contributed by atoms with E-state index in [-0.39, 0.29) is 34.4 Å². The van der Waals surface area contributed by atoms with Crippen molar-refractivity contribution < 1.29 is 13.6 Å². The molecule has 1 aliphatic carbocycles. The Morgan fingerprint density at radius 2 is 2.09 bits per heavy atom. The molecule has 0 bridgehead atoms. The number of aromatic nitrogens is 2. The van der Waals surface area contributed by atoms with Crippen LogP contribution in [0.25, 0.3) is 11.0 Å². The molecule has 2 N–H and O–H groups in total. The predicted octanol–water partition coefficient (Wildman–Crippen LogP) is 3.29. The van der Waals surface area contributed by atoms with Gasteiger partial charge in [0.25, 0.3) is 5.91 Å². The van der Waals surface area contributed by atoms with E-state index in [1.54, 1.807) is 0 Å². The van der Waals surface area contributed by atoms with E-state index >= 15 is 0 Å². The highest BCUT2D eigenvalue weighted by Crippen LogP contribution is 2.33. The smallest absolute Gasteiger partial charge is 0.267 e. The first kappa shape index (κ1) is 16.1. The SMILES string of the molecule is Cc1nc2[nH]c(C(=O)N[C@H]3CCC([SiH](C)C)C3)cc2c(F)c1F. The van der Waals surface area contributed by atoms with Crippen LogP contribution in [0.4, 0.5) is 8.78 Å². The van der Waals surface area contributed by atoms with Gasteiger partial charge in [-0.1, -0.05) is 19.5 Å². The molecule has 2 aromatic heterocycles. The van der Waals surface area contributed by atoms with Crippen LogP contribution in [-0.2, 0) is 0 Å². The van der Waals surface area contributed by atoms with Gasteiger partial charge in [0.1, 0.15) is 11.3 Å². The van der Waals surface area contributed by atoms with Gasteiger partial charge in [-0.25, -0.2) is 13.8 Å². The molecule has 4 nitrogen and oxygen atoms in total. The van der Waals surface area contributed by atoms with Gasteiger partial charge in [-0.05, 0) is 31.4 Å². The van der Waals surface area contributed by atoms with Crippen LogP contribution >= 0.6 is 0 Å². The summed E-state index contributed by atoms with van der Waals surface area (Å²) < 4.78 is 27.5. The minimum Gasteiger partial charge on any atom is -0.348 e. The van der Waals surface area contributed by atoms with Crippen molar-refractivity contribution in [2.75, 3.05) is 0 Å². The number of carbonyl (C=O) groups excluding carboxylic acids is 1. The van der Waals surface area contributed by atoms with Crippen LogP contribution in [0.15, 0.2) is 6.07 Å². The maximum atomic E-state index is 13.9. The molecule has 2 atom stereocenters. The number of amides is 1. The fraction of sp³-hybridized carbons (Fsp3) is 0.500. The number of nitrogens with one attached hydrogen (secondary N) is 2. The number of halogens is 2. The van der Waals surface area contributed by atoms with Crippen LogP contribution in [0, 0.1) is 18.6 Å². The largest absolute Gasteiger partial charge is 0.348 e. The minimum absolute atomic E-state index is 0.0112. The molecule has 0 aliphatic heterocycles. The first-order chi connectivity index (χ1) is 10.9. The lowest BCUT2D eigenvalue weighted by Crippen LogP contribution is -2.33. The summed E-state index contributed by atoms with van der Waals surface area (Å²) in [5.41, 5.74) is 1.16. The van der Waals surface area contributed by atoms with E-state index in [2.05, 4.69) is 28.4 Å². The minimum atomic E-state index is -0.969. The van der Waals surface area contributed by atoms with Gasteiger partial charge in [0, 0.05) is 14.8 Å². The second-order valence-electron chi connectivity index (χ2n) is 6.76. The highest BCUT2D eigenvalue weighted by Gasteiger charge is 2.29. The van der Waals surface area contributed by atoms with Crippen LogP contribution in [0.5, 0.6) is 0 Å². The molecule has 1 fully saturated rings. The van der Waals surface area contributed by atoms with E-state index in [1.165, 1.54) is 19.4 Å². The molecule has 1 aliphatic rings. The first-order valence-electron chi connectivity index (χ1n) is 8.02. The van der Waals surface area contributed by atoms with Crippen LogP contribution in [0.1, 0.15) is 35.4 Å². The molecule has 1 saturated carbocycles. The van der Waals surface area contributed by atoms with Crippen molar-refractivity contribution in [3.05, 3.63) is 29.1 Å². The molecule has 0 saturated heterocycles. The van der Waals surface area contributed by atoms with E-state index in [0.717, 1.165) is 18.4 Å². The maximum absolute atomic E-state index is 13.9. The number of pyridine rings is 1. The van der Waals surface area contributed by atoms with Crippen molar-refractivity contribution in [2.24, 2.45) is 0 Å². The van der Waals surface area contributed by atoms with E-state index in [0.29, 0.717) is 0 Å². The molecule has 1 amide bonds. The van der Waals surface area contributed by atoms with Crippen molar-refractivity contribution in [1.82, 2.24) is 15.3 Å². The fourth-order valence-corrected chi connectivity index (χ4v) is 5.06. The Kier molecular flexibility index (Phi) is 4.22. The summed E-state index contributed by atoms with van der Waals surface area (Å²) in [7, 11) is -0.683. The Hall–Kier alpha value is -1.76. The Balaban J connectivity index is 1.78. The zero-order chi connectivity index (χ0) is 16.7. The number of aromatic amines is 1. The van der Waals surface area contributed by atoms with Crippen molar-refractivity contribution in [1.29, 1.82) is 0 Å². The van der Waals surface area contributed by atoms with Crippen molar-refractivity contribution >= 4 is 25.7 Å². The standard InChI is InChI=1S/C16H21F2N3OSi/c1-8-13(17)14(18)11-7-12(21-15(11)19-8)16(22)20-9-4-5-10(6-9)23(2)3/h7,9-10,23H,4-6H2,1-3H3,(H,19,21)(H,20,22)/t9-,10?/m0/s1. The topological polar surface area (TPSA) is 57.8 Å². The third kappa shape index (κ3) is 3.02. The highest BCUT2D eigenvalue weighted by atomic mass is 28.3. The molecular weight excluding hydrogens is 316 g/mol. The van der Waals surface area contributed by atoms with E-state index in [9.17, 15) is 13.6 Å². The van der Waals surface area contributed by atoms with Crippen LogP contribution in [0.2, 0.25) is 18.6 Å². The Morgan fingerprint density at radius 1 is 1.35 bits per heavy atom. The van der Waals surface area contributed by atoms with Crippen LogP contribution in [0.3, 0.4) is 0 Å². The number of carbonyl (C=O) groups is 1. The predicted molar refractivity (Wildman–Crippen MR) is 88.5 cm³/mol. The second kappa shape index (κ2) is 6.03. The Bertz CT molecular complexity index is 759. The summed E-state index contributed by atoms with van der Waals surface area (Å²) in [5, 5.41) is 3.01. The van der Waals surface area contributed by atoms with Gasteiger partial charge in [0.05, 0.1) is 11.1 Å². The van der Waals surface area contributed by atoms with Gasteiger partial charge in [-0.3, -0.25) is 4.79 Å². The van der Waals surface area contributed by atoms with Crippen molar-refractivity contribution in [3.8, 4) is 0 Å². The number of H-pyrrole nitrogens is 1. The maximum Gasteiger partial charge on any atom is 0.267 e. The van der Waals surface area contributed by atoms with Gasteiger partial charge < -0.3 is 10.3 Å². The van der Waals surface area contributed by atoms with Crippen LogP contribution < -0.4 is 5.32 Å². The summed E-state index contributed by atoms with van der Waals surface area (Å²) in [5.74, 6) is -2.21. The Labute approximate surface area is 135 Å². The van der Waals surface area contributed by atoms with E-state index in [4.69, 9.17) is 0 Å². The number of fused-ring (bicyclic) bond motifs is 1. The molecular formula is C16H21F2N3OSi. The number of hydrogen-bond donors (Lipinski definition) is 2. The zero-order valence-corrected chi connectivity index (χ0v) is 14.7. The lowest BCUT2D eigenvalue weighted by molar-refractivity contribution is 0.0933. The Morgan fingerprint density at radius 3 is 2.74 bits per heavy atom. The highest BCUT2D eigenvalue weighted by molar-refractivity contribution is 6.57. The molecule has 2 aromatic rings. The van der Waals surface area contributed by atoms with Crippen molar-refractivity contribution in [3.63, 3.8) is 0 Å². The zero-order valence-electron chi connectivity index (χ0n) is 13.5. The molecule has 7 heteroatoms. The summed E-state index contributed by atoms with van der Waals surface area (Å²) in [6.45, 7) is 6.06. The average molecular weight is 337 g/mol. The number of hydrogen-bond acceptors (Lipinski definition) is 2. The van der Waals surface area contributed by atoms with Gasteiger partial charge in [-0.15, -0.1) is 0 Å². The lowest BCUT2D eigenvalue weighted by Gasteiger charge is -2.14. The van der Waals surface area contributed by atoms with Gasteiger partial charge in [0.15, 0.2) is 11.6 Å². The lowest BCUT2D eigenvalue weighted by atomic mass is 10.2. The van der Waals surface area contributed by atoms with E-state index in [1.807, 2.05) is 0 Å². The first-order valence-corrected chi connectivity index (χ1v) is 11.0. The number of rotatable bonds is 3. The fourth-order valence-electron chi connectivity index (χ4n) is 3.33. The number of aryl methyl sites for hydroxylation is 1. The monoisotopic (exact) mass is 337 g/mol. The van der Waals surface area contributed by atoms with Crippen molar-refractivity contribution in [2.45, 2.75) is 50.9 Å². The molecule has 0 spiro atoms. The average Bonchev–Trinajstić information content (AvgIpc) is 3.11. The summed E-state index contributed by atoms with van der Waals surface area (Å²) in [6, 6.07) is 1.50.